The lowest BCUT2D eigenvalue weighted by Gasteiger charge is -2.38. The van der Waals surface area contributed by atoms with E-state index in [9.17, 15) is 31.1 Å². The van der Waals surface area contributed by atoms with Crippen LogP contribution in [-0.2, 0) is 21.4 Å². The van der Waals surface area contributed by atoms with Gasteiger partial charge in [0.15, 0.2) is 0 Å². The van der Waals surface area contributed by atoms with Crippen LogP contribution < -0.4 is 0 Å². The summed E-state index contributed by atoms with van der Waals surface area (Å²) in [7, 11) is 0. The van der Waals surface area contributed by atoms with E-state index in [0.717, 1.165) is 36.4 Å². The molecule has 0 heterocycles. The third kappa shape index (κ3) is 4.00. The molecule has 0 N–H and O–H groups in total. The van der Waals surface area contributed by atoms with Crippen LogP contribution in [0.3, 0.4) is 0 Å². The molecule has 0 spiro atoms. The quantitative estimate of drug-likeness (QED) is 0.463. The van der Waals surface area contributed by atoms with Gasteiger partial charge in [0.25, 0.3) is 6.47 Å². The van der Waals surface area contributed by atoms with E-state index >= 15 is 0 Å². The summed E-state index contributed by atoms with van der Waals surface area (Å²) in [6, 6.07) is 9.25. The SMILES string of the molecule is CC(C)(Cc1ccc(C(c2ccccc2)(C(F)(F)F)C(F)(F)F)cc1)OC=O. The van der Waals surface area contributed by atoms with Gasteiger partial charge in [-0.2, -0.15) is 26.3 Å². The molecular weight excluding hydrogens is 386 g/mol. The Labute approximate surface area is 158 Å². The van der Waals surface area contributed by atoms with E-state index in [-0.39, 0.29) is 12.9 Å². The zero-order valence-corrected chi connectivity index (χ0v) is 15.1. The van der Waals surface area contributed by atoms with Gasteiger partial charge in [0, 0.05) is 6.42 Å². The summed E-state index contributed by atoms with van der Waals surface area (Å²) in [6.07, 6.45) is -11.1. The molecule has 2 nitrogen and oxygen atoms in total. The first kappa shape index (κ1) is 21.8. The molecule has 2 aromatic carbocycles. The fraction of sp³-hybridized carbons (Fsp3) is 0.350. The largest absolute Gasteiger partial charge is 0.462 e. The molecule has 0 aliphatic heterocycles. The van der Waals surface area contributed by atoms with Gasteiger partial charge in [-0.05, 0) is 30.5 Å². The van der Waals surface area contributed by atoms with Gasteiger partial charge < -0.3 is 4.74 Å². The highest BCUT2D eigenvalue weighted by atomic mass is 19.4. The predicted molar refractivity (Wildman–Crippen MR) is 90.7 cm³/mol. The molecule has 0 atom stereocenters. The summed E-state index contributed by atoms with van der Waals surface area (Å²) in [6.45, 7) is 3.39. The highest BCUT2D eigenvalue weighted by Crippen LogP contribution is 2.56. The van der Waals surface area contributed by atoms with E-state index in [1.54, 1.807) is 13.8 Å². The second-order valence-electron chi connectivity index (χ2n) is 6.96. The van der Waals surface area contributed by atoms with E-state index < -0.39 is 34.5 Å². The van der Waals surface area contributed by atoms with Crippen molar-refractivity contribution in [2.45, 2.75) is 43.6 Å². The maximum absolute atomic E-state index is 13.9. The zero-order valence-electron chi connectivity index (χ0n) is 15.1. The number of benzene rings is 2. The summed E-state index contributed by atoms with van der Waals surface area (Å²) < 4.78 is 88.5. The van der Waals surface area contributed by atoms with Crippen molar-refractivity contribution in [3.8, 4) is 0 Å². The minimum atomic E-state index is -5.62. The van der Waals surface area contributed by atoms with Crippen molar-refractivity contribution >= 4 is 6.47 Å². The summed E-state index contributed by atoms with van der Waals surface area (Å²) in [5.74, 6) is 0. The summed E-state index contributed by atoms with van der Waals surface area (Å²) in [5.41, 5.74) is -6.52. The average Bonchev–Trinajstić information content (AvgIpc) is 2.55. The molecule has 0 bridgehead atoms. The Balaban J connectivity index is 2.61. The topological polar surface area (TPSA) is 26.3 Å². The van der Waals surface area contributed by atoms with Crippen molar-refractivity contribution in [2.24, 2.45) is 0 Å². The maximum atomic E-state index is 13.9. The molecule has 0 amide bonds. The third-order valence-electron chi connectivity index (χ3n) is 4.44. The second-order valence-corrected chi connectivity index (χ2v) is 6.96. The van der Waals surface area contributed by atoms with Crippen molar-refractivity contribution in [3.63, 3.8) is 0 Å². The number of carbonyl (C=O) groups excluding carboxylic acids is 1. The van der Waals surface area contributed by atoms with E-state index in [2.05, 4.69) is 0 Å². The molecule has 0 saturated carbocycles. The van der Waals surface area contributed by atoms with Crippen LogP contribution in [0.25, 0.3) is 0 Å². The van der Waals surface area contributed by atoms with E-state index in [0.29, 0.717) is 5.56 Å². The lowest BCUT2D eigenvalue weighted by Crippen LogP contribution is -2.54. The molecule has 0 aromatic heterocycles. The van der Waals surface area contributed by atoms with Crippen molar-refractivity contribution < 1.29 is 35.9 Å². The van der Waals surface area contributed by atoms with Crippen molar-refractivity contribution in [3.05, 3.63) is 71.3 Å². The van der Waals surface area contributed by atoms with Crippen LogP contribution in [0.1, 0.15) is 30.5 Å². The van der Waals surface area contributed by atoms with Crippen LogP contribution in [0.2, 0.25) is 0 Å². The van der Waals surface area contributed by atoms with Gasteiger partial charge in [-0.25, -0.2) is 0 Å². The first-order chi connectivity index (χ1) is 12.8. The van der Waals surface area contributed by atoms with E-state index in [1.165, 1.54) is 18.2 Å². The number of alkyl halides is 6. The normalized spacial score (nSPS) is 13.3. The molecule has 0 unspecified atom stereocenters. The molecule has 2 aromatic rings. The van der Waals surface area contributed by atoms with Crippen LogP contribution in [0.15, 0.2) is 54.6 Å². The second kappa shape index (κ2) is 7.48. The Morgan fingerprint density at radius 2 is 1.25 bits per heavy atom. The minimum Gasteiger partial charge on any atom is -0.462 e. The number of rotatable bonds is 6. The van der Waals surface area contributed by atoms with E-state index in [4.69, 9.17) is 4.74 Å². The van der Waals surface area contributed by atoms with Crippen LogP contribution in [0.4, 0.5) is 26.3 Å². The van der Waals surface area contributed by atoms with Crippen LogP contribution in [0, 0.1) is 0 Å². The van der Waals surface area contributed by atoms with Gasteiger partial charge in [0.05, 0.1) is 0 Å². The molecule has 0 saturated heterocycles. The van der Waals surface area contributed by atoms with Gasteiger partial charge in [0.1, 0.15) is 5.60 Å². The highest BCUT2D eigenvalue weighted by Gasteiger charge is 2.72. The lowest BCUT2D eigenvalue weighted by atomic mass is 9.72. The molecule has 0 fully saturated rings. The van der Waals surface area contributed by atoms with Crippen molar-refractivity contribution in [1.82, 2.24) is 0 Å². The van der Waals surface area contributed by atoms with Gasteiger partial charge in [-0.1, -0.05) is 54.6 Å². The molecule has 2 rings (SSSR count). The highest BCUT2D eigenvalue weighted by molar-refractivity contribution is 5.45. The smallest absolute Gasteiger partial charge is 0.411 e. The number of halogens is 6. The zero-order chi connectivity index (χ0) is 21.2. The number of ether oxygens (including phenoxy) is 1. The van der Waals surface area contributed by atoms with Crippen LogP contribution in [-0.4, -0.2) is 24.4 Å². The number of hydrogen-bond acceptors (Lipinski definition) is 2. The Morgan fingerprint density at radius 3 is 1.68 bits per heavy atom. The molecule has 0 radical (unpaired) electrons. The van der Waals surface area contributed by atoms with Gasteiger partial charge in [-0.3, -0.25) is 4.79 Å². The van der Waals surface area contributed by atoms with E-state index in [1.807, 2.05) is 0 Å². The standard InChI is InChI=1S/C20H18F6O2/c1-17(2,28-13-27)12-14-8-10-16(11-9-14)18(19(21,22)23,20(24,25)26)15-6-4-3-5-7-15/h3-11,13H,12H2,1-2H3. The molecule has 8 heteroatoms. The number of hydrogen-bond donors (Lipinski definition) is 0. The predicted octanol–water partition coefficient (Wildman–Crippen LogP) is 5.59. The monoisotopic (exact) mass is 404 g/mol. The number of carbonyl (C=O) groups is 1. The minimum absolute atomic E-state index is 0.127. The molecule has 0 aliphatic carbocycles. The molecule has 28 heavy (non-hydrogen) atoms. The molecular formula is C20H18F6O2. The van der Waals surface area contributed by atoms with Crippen molar-refractivity contribution in [1.29, 1.82) is 0 Å². The lowest BCUT2D eigenvalue weighted by molar-refractivity contribution is -0.288. The Morgan fingerprint density at radius 1 is 0.786 bits per heavy atom. The Bertz CT molecular complexity index is 778. The van der Waals surface area contributed by atoms with Gasteiger partial charge >= 0.3 is 12.4 Å². The first-order valence-corrected chi connectivity index (χ1v) is 8.25. The first-order valence-electron chi connectivity index (χ1n) is 8.25. The average molecular weight is 404 g/mol. The molecule has 152 valence electrons. The van der Waals surface area contributed by atoms with Crippen LogP contribution in [0.5, 0.6) is 0 Å². The van der Waals surface area contributed by atoms with Gasteiger partial charge in [-0.15, -0.1) is 0 Å². The fourth-order valence-corrected chi connectivity index (χ4v) is 3.21. The summed E-state index contributed by atoms with van der Waals surface area (Å²) >= 11 is 0. The molecule has 0 aliphatic rings. The Kier molecular flexibility index (Phi) is 5.82. The van der Waals surface area contributed by atoms with Gasteiger partial charge in [0.2, 0.25) is 5.41 Å². The summed E-state index contributed by atoms with van der Waals surface area (Å²) in [5, 5.41) is 0. The third-order valence-corrected chi connectivity index (χ3v) is 4.44. The van der Waals surface area contributed by atoms with Crippen molar-refractivity contribution in [2.75, 3.05) is 0 Å². The maximum Gasteiger partial charge on any atom is 0.411 e. The fourth-order valence-electron chi connectivity index (χ4n) is 3.21. The van der Waals surface area contributed by atoms with Crippen LogP contribution >= 0.6 is 0 Å². The Hall–Kier alpha value is -2.51. The summed E-state index contributed by atoms with van der Waals surface area (Å²) in [4.78, 5) is 10.5.